The topological polar surface area (TPSA) is 86.6 Å². The van der Waals surface area contributed by atoms with E-state index in [1.807, 2.05) is 19.1 Å². The number of aromatic carboxylic acids is 1. The Bertz CT molecular complexity index is 654. The molecule has 1 aromatic carbocycles. The van der Waals surface area contributed by atoms with Crippen LogP contribution in [0.1, 0.15) is 41.6 Å². The fourth-order valence-electron chi connectivity index (χ4n) is 3.90. The van der Waals surface area contributed by atoms with Crippen molar-refractivity contribution < 1.29 is 19.8 Å². The molecule has 5 nitrogen and oxygen atoms in total. The minimum atomic E-state index is -0.890. The molecule has 2 aliphatic rings. The summed E-state index contributed by atoms with van der Waals surface area (Å²) in [7, 11) is 0. The van der Waals surface area contributed by atoms with Gasteiger partial charge in [-0.05, 0) is 68.7 Å². The van der Waals surface area contributed by atoms with Gasteiger partial charge in [0.2, 0.25) is 0 Å². The van der Waals surface area contributed by atoms with Crippen molar-refractivity contribution in [1.29, 1.82) is 0 Å². The molecule has 0 spiro atoms. The van der Waals surface area contributed by atoms with Crippen LogP contribution in [-0.2, 0) is 4.79 Å². The smallest absolute Gasteiger partial charge is 0.336 e. The van der Waals surface area contributed by atoms with Crippen molar-refractivity contribution in [2.45, 2.75) is 48.8 Å². The Morgan fingerprint density at radius 2 is 1.92 bits per heavy atom. The number of nitrogens with one attached hydrogen (secondary N) is 1. The number of hydrogen-bond donors (Lipinski definition) is 3. The third kappa shape index (κ3) is 4.68. The quantitative estimate of drug-likeness (QED) is 0.736. The number of rotatable bonds is 4. The van der Waals surface area contributed by atoms with Crippen molar-refractivity contribution in [2.24, 2.45) is 11.8 Å². The lowest BCUT2D eigenvalue weighted by molar-refractivity contribution is -0.141. The molecule has 1 aliphatic carbocycles. The first kappa shape index (κ1) is 20.1. The molecule has 3 rings (SSSR count). The first-order chi connectivity index (χ1) is 11.4. The molecule has 25 heavy (non-hydrogen) atoms. The van der Waals surface area contributed by atoms with Gasteiger partial charge in [-0.25, -0.2) is 4.79 Å². The molecular formula is C18H24ClNO4S. The fourth-order valence-corrected chi connectivity index (χ4v) is 5.39. The number of aliphatic carboxylic acids is 1. The normalized spacial score (nSPS) is 28.5. The molecular weight excluding hydrogens is 362 g/mol. The van der Waals surface area contributed by atoms with Gasteiger partial charge in [0.15, 0.2) is 0 Å². The zero-order valence-corrected chi connectivity index (χ0v) is 15.7. The van der Waals surface area contributed by atoms with Crippen LogP contribution in [0.5, 0.6) is 0 Å². The molecule has 0 aromatic heterocycles. The zero-order valence-electron chi connectivity index (χ0n) is 14.1. The van der Waals surface area contributed by atoms with E-state index in [9.17, 15) is 19.8 Å². The predicted octanol–water partition coefficient (Wildman–Crippen LogP) is 3.44. The minimum Gasteiger partial charge on any atom is -0.480 e. The summed E-state index contributed by atoms with van der Waals surface area (Å²) >= 11 is 1.65. The van der Waals surface area contributed by atoms with E-state index < -0.39 is 18.0 Å². The molecule has 0 bridgehead atoms. The van der Waals surface area contributed by atoms with Crippen LogP contribution in [0.4, 0.5) is 0 Å². The monoisotopic (exact) mass is 385 g/mol. The lowest BCUT2D eigenvalue weighted by Crippen LogP contribution is -2.49. The molecule has 1 aromatic rings. The van der Waals surface area contributed by atoms with Gasteiger partial charge < -0.3 is 15.5 Å². The number of piperidine rings is 1. The van der Waals surface area contributed by atoms with Crippen LogP contribution >= 0.6 is 24.2 Å². The summed E-state index contributed by atoms with van der Waals surface area (Å²) in [5, 5.41) is 22.1. The van der Waals surface area contributed by atoms with E-state index >= 15 is 0 Å². The van der Waals surface area contributed by atoms with Crippen LogP contribution < -0.4 is 5.32 Å². The van der Waals surface area contributed by atoms with Crippen molar-refractivity contribution >= 4 is 36.1 Å². The SMILES string of the molecule is Cc1ccc(C(=O)O)c(S[C@H]2CC[C@H]3CN[C@H](C(=O)O)C[C@H]3C2)c1.Cl. The minimum absolute atomic E-state index is 0. The van der Waals surface area contributed by atoms with Crippen LogP contribution in [0, 0.1) is 18.8 Å². The summed E-state index contributed by atoms with van der Waals surface area (Å²) in [5.41, 5.74) is 1.42. The Morgan fingerprint density at radius 1 is 1.16 bits per heavy atom. The lowest BCUT2D eigenvalue weighted by Gasteiger charge is -2.41. The number of halogens is 1. The molecule has 0 radical (unpaired) electrons. The summed E-state index contributed by atoms with van der Waals surface area (Å²) in [6.07, 6.45) is 3.78. The van der Waals surface area contributed by atoms with E-state index in [2.05, 4.69) is 5.32 Å². The number of aryl methyl sites for hydroxylation is 1. The highest BCUT2D eigenvalue weighted by atomic mass is 35.5. The second kappa shape index (κ2) is 8.43. The number of thioether (sulfide) groups is 1. The summed E-state index contributed by atoms with van der Waals surface area (Å²) in [6, 6.07) is 5.01. The Labute approximate surface area is 158 Å². The standard InChI is InChI=1S/C18H23NO4S.ClH/c1-10-2-5-14(17(20)21)16(6-10)24-13-4-3-11-9-19-15(18(22)23)8-12(11)7-13;/h2,5-6,11-13,15,19H,3-4,7-9H2,1H3,(H,20,21)(H,22,23);1H/t11-,12+,13-,15-;/m0./s1. The van der Waals surface area contributed by atoms with E-state index in [4.69, 9.17) is 0 Å². The molecule has 1 saturated heterocycles. The molecule has 1 heterocycles. The van der Waals surface area contributed by atoms with Gasteiger partial charge in [0, 0.05) is 10.1 Å². The Balaban J connectivity index is 0.00000225. The van der Waals surface area contributed by atoms with Crippen LogP contribution in [-0.4, -0.2) is 40.0 Å². The van der Waals surface area contributed by atoms with Gasteiger partial charge in [-0.2, -0.15) is 0 Å². The number of fused-ring (bicyclic) bond motifs is 1. The van der Waals surface area contributed by atoms with Gasteiger partial charge in [0.1, 0.15) is 6.04 Å². The summed E-state index contributed by atoms with van der Waals surface area (Å²) in [5.74, 6) is -0.695. The van der Waals surface area contributed by atoms with E-state index in [1.54, 1.807) is 17.8 Å². The Morgan fingerprint density at radius 3 is 2.60 bits per heavy atom. The van der Waals surface area contributed by atoms with Crippen LogP contribution in [0.15, 0.2) is 23.1 Å². The van der Waals surface area contributed by atoms with E-state index in [-0.39, 0.29) is 12.4 Å². The third-order valence-electron chi connectivity index (χ3n) is 5.22. The average molecular weight is 386 g/mol. The largest absolute Gasteiger partial charge is 0.480 e. The van der Waals surface area contributed by atoms with Crippen LogP contribution in [0.3, 0.4) is 0 Å². The Kier molecular flexibility index (Phi) is 6.77. The molecule has 7 heteroatoms. The molecule has 0 unspecified atom stereocenters. The van der Waals surface area contributed by atoms with E-state index in [0.29, 0.717) is 29.1 Å². The molecule has 1 aliphatic heterocycles. The Hall–Kier alpha value is -1.24. The summed E-state index contributed by atoms with van der Waals surface area (Å²) < 4.78 is 0. The number of carboxylic acids is 2. The molecule has 2 fully saturated rings. The number of benzene rings is 1. The lowest BCUT2D eigenvalue weighted by atomic mass is 9.73. The van der Waals surface area contributed by atoms with E-state index in [0.717, 1.165) is 36.3 Å². The maximum absolute atomic E-state index is 11.4. The zero-order chi connectivity index (χ0) is 17.3. The maximum Gasteiger partial charge on any atom is 0.336 e. The molecule has 138 valence electrons. The molecule has 3 N–H and O–H groups in total. The fraction of sp³-hybridized carbons (Fsp3) is 0.556. The highest BCUT2D eigenvalue weighted by Crippen LogP contribution is 2.43. The molecule has 4 atom stereocenters. The highest BCUT2D eigenvalue weighted by Gasteiger charge is 2.38. The molecule has 0 amide bonds. The summed E-state index contributed by atoms with van der Waals surface area (Å²) in [6.45, 7) is 2.75. The van der Waals surface area contributed by atoms with E-state index in [1.165, 1.54) is 0 Å². The van der Waals surface area contributed by atoms with Gasteiger partial charge >= 0.3 is 11.9 Å². The molecule has 1 saturated carbocycles. The van der Waals surface area contributed by atoms with Crippen molar-refractivity contribution in [3.63, 3.8) is 0 Å². The number of carboxylic acid groups (broad SMARTS) is 2. The van der Waals surface area contributed by atoms with Crippen LogP contribution in [0.2, 0.25) is 0 Å². The highest BCUT2D eigenvalue weighted by molar-refractivity contribution is 8.00. The number of carbonyl (C=O) groups is 2. The van der Waals surface area contributed by atoms with Gasteiger partial charge in [-0.15, -0.1) is 24.2 Å². The third-order valence-corrected chi connectivity index (χ3v) is 6.57. The predicted molar refractivity (Wildman–Crippen MR) is 99.9 cm³/mol. The average Bonchev–Trinajstić information content (AvgIpc) is 2.54. The van der Waals surface area contributed by atoms with Crippen molar-refractivity contribution in [3.8, 4) is 0 Å². The van der Waals surface area contributed by atoms with Crippen molar-refractivity contribution in [3.05, 3.63) is 29.3 Å². The first-order valence-electron chi connectivity index (χ1n) is 8.41. The second-order valence-electron chi connectivity index (χ2n) is 6.91. The number of hydrogen-bond acceptors (Lipinski definition) is 4. The maximum atomic E-state index is 11.4. The first-order valence-corrected chi connectivity index (χ1v) is 9.28. The van der Waals surface area contributed by atoms with Crippen LogP contribution in [0.25, 0.3) is 0 Å². The van der Waals surface area contributed by atoms with Gasteiger partial charge in [0.25, 0.3) is 0 Å². The summed E-state index contributed by atoms with van der Waals surface area (Å²) in [4.78, 5) is 23.5. The second-order valence-corrected chi connectivity index (χ2v) is 8.25. The van der Waals surface area contributed by atoms with Gasteiger partial charge in [-0.1, -0.05) is 6.07 Å². The van der Waals surface area contributed by atoms with Crippen molar-refractivity contribution in [1.82, 2.24) is 5.32 Å². The van der Waals surface area contributed by atoms with Gasteiger partial charge in [-0.3, -0.25) is 4.79 Å². The van der Waals surface area contributed by atoms with Gasteiger partial charge in [0.05, 0.1) is 5.56 Å². The van der Waals surface area contributed by atoms with Crippen molar-refractivity contribution in [2.75, 3.05) is 6.54 Å².